The van der Waals surface area contributed by atoms with Crippen molar-refractivity contribution < 1.29 is 0 Å². The summed E-state index contributed by atoms with van der Waals surface area (Å²) in [6.07, 6.45) is 4.49. The SMILES string of the molecule is CCCCCc1nc(-c2ccc(Cl)cc2)nc(-c2ccc(Cl)cc2)c1C. The Balaban J connectivity index is 2.09. The number of aromatic nitrogens is 2. The zero-order valence-corrected chi connectivity index (χ0v) is 16.6. The van der Waals surface area contributed by atoms with E-state index in [0.717, 1.165) is 51.8 Å². The minimum Gasteiger partial charge on any atom is -0.233 e. The van der Waals surface area contributed by atoms with E-state index in [9.17, 15) is 0 Å². The van der Waals surface area contributed by atoms with Gasteiger partial charge in [-0.1, -0.05) is 55.1 Å². The first-order valence-corrected chi connectivity index (χ1v) is 9.73. The van der Waals surface area contributed by atoms with E-state index in [2.05, 4.69) is 13.8 Å². The summed E-state index contributed by atoms with van der Waals surface area (Å²) in [5.41, 5.74) is 5.25. The smallest absolute Gasteiger partial charge is 0.160 e. The summed E-state index contributed by atoms with van der Waals surface area (Å²) in [4.78, 5) is 9.73. The molecule has 4 heteroatoms. The second-order valence-corrected chi connectivity index (χ2v) is 7.31. The maximum absolute atomic E-state index is 6.05. The van der Waals surface area contributed by atoms with Crippen molar-refractivity contribution in [2.24, 2.45) is 0 Å². The van der Waals surface area contributed by atoms with E-state index < -0.39 is 0 Å². The van der Waals surface area contributed by atoms with E-state index in [-0.39, 0.29) is 0 Å². The third kappa shape index (κ3) is 4.44. The first-order valence-electron chi connectivity index (χ1n) is 8.98. The van der Waals surface area contributed by atoms with Crippen molar-refractivity contribution >= 4 is 23.2 Å². The van der Waals surface area contributed by atoms with Crippen LogP contribution in [0.25, 0.3) is 22.6 Å². The number of hydrogen-bond acceptors (Lipinski definition) is 2. The van der Waals surface area contributed by atoms with Crippen molar-refractivity contribution in [2.75, 3.05) is 0 Å². The van der Waals surface area contributed by atoms with Crippen LogP contribution < -0.4 is 0 Å². The number of halogens is 2. The van der Waals surface area contributed by atoms with Crippen LogP contribution in [0.2, 0.25) is 10.0 Å². The molecule has 2 nitrogen and oxygen atoms in total. The van der Waals surface area contributed by atoms with Crippen LogP contribution in [0.15, 0.2) is 48.5 Å². The predicted molar refractivity (Wildman–Crippen MR) is 111 cm³/mol. The molecule has 0 saturated heterocycles. The number of benzene rings is 2. The zero-order valence-electron chi connectivity index (χ0n) is 15.1. The molecule has 0 aliphatic rings. The van der Waals surface area contributed by atoms with Crippen LogP contribution in [-0.2, 0) is 6.42 Å². The Morgan fingerprint density at radius 3 is 1.92 bits per heavy atom. The van der Waals surface area contributed by atoms with Crippen molar-refractivity contribution in [1.29, 1.82) is 0 Å². The molecule has 3 aromatic rings. The molecule has 1 aromatic heterocycles. The molecule has 3 rings (SSSR count). The quantitative estimate of drug-likeness (QED) is 0.421. The summed E-state index contributed by atoms with van der Waals surface area (Å²) < 4.78 is 0. The van der Waals surface area contributed by atoms with Crippen molar-refractivity contribution in [1.82, 2.24) is 9.97 Å². The molecule has 0 bridgehead atoms. The van der Waals surface area contributed by atoms with Crippen molar-refractivity contribution in [3.63, 3.8) is 0 Å². The summed E-state index contributed by atoms with van der Waals surface area (Å²) in [6.45, 7) is 4.32. The van der Waals surface area contributed by atoms with Gasteiger partial charge in [0.25, 0.3) is 0 Å². The summed E-state index contributed by atoms with van der Waals surface area (Å²) in [5.74, 6) is 0.740. The van der Waals surface area contributed by atoms with Crippen LogP contribution in [0.3, 0.4) is 0 Å². The largest absolute Gasteiger partial charge is 0.233 e. The first kappa shape index (κ1) is 18.9. The van der Waals surface area contributed by atoms with Gasteiger partial charge in [-0.25, -0.2) is 9.97 Å². The maximum Gasteiger partial charge on any atom is 0.160 e. The standard InChI is InChI=1S/C22H22Cl2N2/c1-3-4-5-6-20-15(2)21(16-7-11-18(23)12-8-16)26-22(25-20)17-9-13-19(24)14-10-17/h7-14H,3-6H2,1-2H3. The van der Waals surface area contributed by atoms with E-state index >= 15 is 0 Å². The number of rotatable bonds is 6. The second-order valence-electron chi connectivity index (χ2n) is 6.44. The van der Waals surface area contributed by atoms with E-state index in [1.165, 1.54) is 12.8 Å². The number of aryl methyl sites for hydroxylation is 1. The van der Waals surface area contributed by atoms with E-state index in [4.69, 9.17) is 33.2 Å². The highest BCUT2D eigenvalue weighted by molar-refractivity contribution is 6.30. The van der Waals surface area contributed by atoms with Gasteiger partial charge in [-0.3, -0.25) is 0 Å². The molecule has 26 heavy (non-hydrogen) atoms. The summed E-state index contributed by atoms with van der Waals surface area (Å²) >= 11 is 12.1. The topological polar surface area (TPSA) is 25.8 Å². The lowest BCUT2D eigenvalue weighted by Gasteiger charge is -2.13. The van der Waals surface area contributed by atoms with Crippen LogP contribution >= 0.6 is 23.2 Å². The average Bonchev–Trinajstić information content (AvgIpc) is 2.65. The van der Waals surface area contributed by atoms with Gasteiger partial charge in [0.05, 0.1) is 5.69 Å². The number of nitrogens with zero attached hydrogens (tertiary/aromatic N) is 2. The molecule has 0 radical (unpaired) electrons. The molecule has 0 N–H and O–H groups in total. The van der Waals surface area contributed by atoms with Gasteiger partial charge >= 0.3 is 0 Å². The molecular weight excluding hydrogens is 363 g/mol. The number of unbranched alkanes of at least 4 members (excludes halogenated alkanes) is 2. The molecule has 0 amide bonds. The third-order valence-electron chi connectivity index (χ3n) is 4.48. The highest BCUT2D eigenvalue weighted by atomic mass is 35.5. The first-order chi connectivity index (χ1) is 12.6. The average molecular weight is 385 g/mol. The fourth-order valence-corrected chi connectivity index (χ4v) is 3.22. The Bertz CT molecular complexity index is 872. The summed E-state index contributed by atoms with van der Waals surface area (Å²) in [7, 11) is 0. The van der Waals surface area contributed by atoms with Crippen molar-refractivity contribution in [2.45, 2.75) is 39.5 Å². The second kappa shape index (κ2) is 8.66. The highest BCUT2D eigenvalue weighted by Crippen LogP contribution is 2.29. The van der Waals surface area contributed by atoms with Crippen molar-refractivity contribution in [3.8, 4) is 22.6 Å². The summed E-state index contributed by atoms with van der Waals surface area (Å²) in [5, 5.41) is 1.43. The van der Waals surface area contributed by atoms with Crippen molar-refractivity contribution in [3.05, 3.63) is 69.8 Å². The Morgan fingerprint density at radius 2 is 1.35 bits per heavy atom. The monoisotopic (exact) mass is 384 g/mol. The minimum absolute atomic E-state index is 0.710. The molecular formula is C22H22Cl2N2. The van der Waals surface area contributed by atoms with Gasteiger partial charge in [-0.05, 0) is 61.7 Å². The fourth-order valence-electron chi connectivity index (χ4n) is 2.97. The lowest BCUT2D eigenvalue weighted by Crippen LogP contribution is -2.03. The molecule has 0 fully saturated rings. The van der Waals surface area contributed by atoms with E-state index in [0.29, 0.717) is 5.02 Å². The van der Waals surface area contributed by atoms with Crippen LogP contribution in [0.1, 0.15) is 37.4 Å². The minimum atomic E-state index is 0.710. The molecule has 0 saturated carbocycles. The fraction of sp³-hybridized carbons (Fsp3) is 0.273. The molecule has 0 aliphatic heterocycles. The van der Waals surface area contributed by atoms with Crippen LogP contribution in [0, 0.1) is 6.92 Å². The van der Waals surface area contributed by atoms with Gasteiger partial charge in [0, 0.05) is 26.9 Å². The van der Waals surface area contributed by atoms with Gasteiger partial charge < -0.3 is 0 Å². The van der Waals surface area contributed by atoms with Gasteiger partial charge in [0.1, 0.15) is 0 Å². The molecule has 1 heterocycles. The normalized spacial score (nSPS) is 10.9. The van der Waals surface area contributed by atoms with Crippen LogP contribution in [0.5, 0.6) is 0 Å². The van der Waals surface area contributed by atoms with Gasteiger partial charge in [-0.2, -0.15) is 0 Å². The van der Waals surface area contributed by atoms with Crippen LogP contribution in [0.4, 0.5) is 0 Å². The number of hydrogen-bond donors (Lipinski definition) is 0. The Morgan fingerprint density at radius 1 is 0.769 bits per heavy atom. The molecule has 0 unspecified atom stereocenters. The molecule has 0 spiro atoms. The Kier molecular flexibility index (Phi) is 6.29. The molecule has 0 atom stereocenters. The van der Waals surface area contributed by atoms with Gasteiger partial charge in [0.2, 0.25) is 0 Å². The molecule has 134 valence electrons. The Hall–Kier alpha value is -1.90. The maximum atomic E-state index is 6.05. The molecule has 0 aliphatic carbocycles. The third-order valence-corrected chi connectivity index (χ3v) is 4.99. The lowest BCUT2D eigenvalue weighted by molar-refractivity contribution is 0.703. The van der Waals surface area contributed by atoms with Gasteiger partial charge in [0.15, 0.2) is 5.82 Å². The molecule has 2 aromatic carbocycles. The van der Waals surface area contributed by atoms with E-state index in [1.54, 1.807) is 0 Å². The highest BCUT2D eigenvalue weighted by Gasteiger charge is 2.14. The summed E-state index contributed by atoms with van der Waals surface area (Å²) in [6, 6.07) is 15.5. The van der Waals surface area contributed by atoms with Gasteiger partial charge in [-0.15, -0.1) is 0 Å². The van der Waals surface area contributed by atoms with E-state index in [1.807, 2.05) is 48.5 Å². The predicted octanol–water partition coefficient (Wildman–Crippen LogP) is 7.16. The zero-order chi connectivity index (χ0) is 18.5. The van der Waals surface area contributed by atoms with Crippen LogP contribution in [-0.4, -0.2) is 9.97 Å². The lowest BCUT2D eigenvalue weighted by atomic mass is 10.0. The Labute approximate surface area is 165 Å².